The van der Waals surface area contributed by atoms with Gasteiger partial charge in [0, 0.05) is 33.6 Å². The summed E-state index contributed by atoms with van der Waals surface area (Å²) in [4.78, 5) is 33.4. The molecule has 1 aliphatic heterocycles. The molecule has 0 N–H and O–H groups in total. The van der Waals surface area contributed by atoms with E-state index >= 15 is 0 Å². The van der Waals surface area contributed by atoms with Gasteiger partial charge < -0.3 is 4.74 Å². The third-order valence-electron chi connectivity index (χ3n) is 5.55. The molecule has 1 aliphatic rings. The number of imidazole rings is 1. The zero-order chi connectivity index (χ0) is 23.5. The standard InChI is InChI=1S/C24H21ClN4O4/c1-15-21(24(30)28-12-11-26-14-28)22(23(29(31)32)16(2)27-15)19-5-3-4-6-20(19)33-13-17-7-9-18(25)10-8-17/h3-12,14,22-23H,13H2,1-2H3. The van der Waals surface area contributed by atoms with E-state index in [2.05, 4.69) is 9.98 Å². The molecule has 168 valence electrons. The van der Waals surface area contributed by atoms with E-state index in [-0.39, 0.29) is 12.2 Å². The highest BCUT2D eigenvalue weighted by Gasteiger charge is 2.45. The molecule has 1 aromatic heterocycles. The number of aliphatic imine (C=N–C) groups is 1. The smallest absolute Gasteiger partial charge is 0.261 e. The van der Waals surface area contributed by atoms with Crippen molar-refractivity contribution in [3.8, 4) is 5.75 Å². The first-order chi connectivity index (χ1) is 15.9. The monoisotopic (exact) mass is 464 g/mol. The number of benzene rings is 2. The largest absolute Gasteiger partial charge is 0.489 e. The van der Waals surface area contributed by atoms with Crippen LogP contribution < -0.4 is 4.74 Å². The molecule has 0 spiro atoms. The van der Waals surface area contributed by atoms with Gasteiger partial charge in [0.2, 0.25) is 0 Å². The summed E-state index contributed by atoms with van der Waals surface area (Å²) in [5.74, 6) is -0.831. The van der Waals surface area contributed by atoms with Gasteiger partial charge in [-0.3, -0.25) is 24.5 Å². The Morgan fingerprint density at radius 3 is 2.58 bits per heavy atom. The van der Waals surface area contributed by atoms with Crippen molar-refractivity contribution in [1.82, 2.24) is 9.55 Å². The molecular weight excluding hydrogens is 444 g/mol. The van der Waals surface area contributed by atoms with E-state index < -0.39 is 22.8 Å². The van der Waals surface area contributed by atoms with Crippen molar-refractivity contribution in [2.45, 2.75) is 32.4 Å². The van der Waals surface area contributed by atoms with Crippen LogP contribution in [-0.4, -0.2) is 32.1 Å². The normalized spacial score (nSPS) is 18.1. The second-order valence-corrected chi connectivity index (χ2v) is 8.12. The van der Waals surface area contributed by atoms with E-state index in [9.17, 15) is 14.9 Å². The summed E-state index contributed by atoms with van der Waals surface area (Å²) in [6.45, 7) is 3.54. The second-order valence-electron chi connectivity index (χ2n) is 7.69. The average Bonchev–Trinajstić information content (AvgIpc) is 3.33. The number of carbonyl (C=O) groups excluding carboxylic acids is 1. The molecule has 9 heteroatoms. The molecular formula is C24H21ClN4O4. The number of para-hydroxylation sites is 1. The molecule has 0 bridgehead atoms. The van der Waals surface area contributed by atoms with Crippen LogP contribution in [0.2, 0.25) is 5.02 Å². The number of hydrogen-bond acceptors (Lipinski definition) is 6. The molecule has 0 radical (unpaired) electrons. The number of allylic oxidation sites excluding steroid dienone is 1. The van der Waals surface area contributed by atoms with E-state index in [1.54, 1.807) is 50.2 Å². The van der Waals surface area contributed by atoms with Crippen molar-refractivity contribution in [3.63, 3.8) is 0 Å². The quantitative estimate of drug-likeness (QED) is 0.380. The molecule has 0 fully saturated rings. The van der Waals surface area contributed by atoms with Crippen molar-refractivity contribution >= 4 is 23.2 Å². The van der Waals surface area contributed by atoms with Crippen molar-refractivity contribution < 1.29 is 14.5 Å². The molecule has 2 heterocycles. The summed E-state index contributed by atoms with van der Waals surface area (Å²) in [5, 5.41) is 12.8. The lowest BCUT2D eigenvalue weighted by molar-refractivity contribution is -0.505. The highest BCUT2D eigenvalue weighted by Crippen LogP contribution is 2.41. The Bertz CT molecular complexity index is 1250. The number of halogens is 1. The molecule has 33 heavy (non-hydrogen) atoms. The Morgan fingerprint density at radius 1 is 1.18 bits per heavy atom. The SMILES string of the molecule is CC1=NC(C)=C(C(=O)n2ccnc2)C(c2ccccc2OCc2ccc(Cl)cc2)C1[N+](=O)[O-]. The van der Waals surface area contributed by atoms with Crippen LogP contribution in [0, 0.1) is 10.1 Å². The van der Waals surface area contributed by atoms with E-state index in [0.717, 1.165) is 5.56 Å². The highest BCUT2D eigenvalue weighted by molar-refractivity contribution is 6.30. The van der Waals surface area contributed by atoms with Crippen LogP contribution in [0.25, 0.3) is 0 Å². The zero-order valence-corrected chi connectivity index (χ0v) is 18.8. The molecule has 8 nitrogen and oxygen atoms in total. The number of rotatable bonds is 6. The van der Waals surface area contributed by atoms with E-state index in [0.29, 0.717) is 27.7 Å². The third-order valence-corrected chi connectivity index (χ3v) is 5.80. The molecule has 0 aliphatic carbocycles. The van der Waals surface area contributed by atoms with Crippen LogP contribution in [0.5, 0.6) is 5.75 Å². The van der Waals surface area contributed by atoms with Gasteiger partial charge in [-0.15, -0.1) is 0 Å². The van der Waals surface area contributed by atoms with E-state index in [1.807, 2.05) is 12.1 Å². The number of hydrogen-bond donors (Lipinski definition) is 0. The Balaban J connectivity index is 1.78. The van der Waals surface area contributed by atoms with Crippen LogP contribution in [0.15, 0.2) is 83.5 Å². The van der Waals surface area contributed by atoms with Gasteiger partial charge in [0.25, 0.3) is 11.9 Å². The zero-order valence-electron chi connectivity index (χ0n) is 18.0. The first kappa shape index (κ1) is 22.4. The van der Waals surface area contributed by atoms with Crippen molar-refractivity contribution in [1.29, 1.82) is 0 Å². The second kappa shape index (κ2) is 9.38. The van der Waals surface area contributed by atoms with Crippen LogP contribution >= 0.6 is 11.6 Å². The van der Waals surface area contributed by atoms with Gasteiger partial charge in [-0.25, -0.2) is 4.98 Å². The average molecular weight is 465 g/mol. The fourth-order valence-corrected chi connectivity index (χ4v) is 4.16. The Labute approximate surface area is 195 Å². The topological polar surface area (TPSA) is 99.6 Å². The molecule has 0 amide bonds. The number of aromatic nitrogens is 2. The molecule has 2 unspecified atom stereocenters. The predicted molar refractivity (Wildman–Crippen MR) is 124 cm³/mol. The molecule has 4 rings (SSSR count). The Hall–Kier alpha value is -3.78. The number of carbonyl (C=O) groups is 1. The van der Waals surface area contributed by atoms with Crippen LogP contribution in [-0.2, 0) is 6.61 Å². The predicted octanol–water partition coefficient (Wildman–Crippen LogP) is 4.93. The fourth-order valence-electron chi connectivity index (χ4n) is 4.03. The van der Waals surface area contributed by atoms with Gasteiger partial charge in [-0.05, 0) is 37.6 Å². The number of nitro groups is 1. The van der Waals surface area contributed by atoms with Gasteiger partial charge in [0.15, 0.2) is 0 Å². The van der Waals surface area contributed by atoms with Crippen molar-refractivity contribution in [2.75, 3.05) is 0 Å². The third kappa shape index (κ3) is 4.56. The van der Waals surface area contributed by atoms with Gasteiger partial charge in [0.1, 0.15) is 18.7 Å². The Kier molecular flexibility index (Phi) is 6.37. The van der Waals surface area contributed by atoms with E-state index in [1.165, 1.54) is 23.3 Å². The summed E-state index contributed by atoms with van der Waals surface area (Å²) in [5.41, 5.74) is 2.44. The minimum Gasteiger partial charge on any atom is -0.489 e. The number of nitrogens with zero attached hydrogens (tertiary/aromatic N) is 4. The lowest BCUT2D eigenvalue weighted by Crippen LogP contribution is -2.40. The van der Waals surface area contributed by atoms with Gasteiger partial charge in [-0.2, -0.15) is 0 Å². The molecule has 0 saturated carbocycles. The maximum atomic E-state index is 13.4. The first-order valence-electron chi connectivity index (χ1n) is 10.2. The Morgan fingerprint density at radius 2 is 1.91 bits per heavy atom. The summed E-state index contributed by atoms with van der Waals surface area (Å²) >= 11 is 5.96. The van der Waals surface area contributed by atoms with Crippen LogP contribution in [0.3, 0.4) is 0 Å². The highest BCUT2D eigenvalue weighted by atomic mass is 35.5. The minimum atomic E-state index is -1.21. The van der Waals surface area contributed by atoms with Gasteiger partial charge in [0.05, 0.1) is 17.2 Å². The molecule has 0 saturated heterocycles. The van der Waals surface area contributed by atoms with Crippen molar-refractivity contribution in [2.24, 2.45) is 4.99 Å². The first-order valence-corrected chi connectivity index (χ1v) is 10.6. The summed E-state index contributed by atoms with van der Waals surface area (Å²) in [7, 11) is 0. The maximum Gasteiger partial charge on any atom is 0.261 e. The lowest BCUT2D eigenvalue weighted by Gasteiger charge is -2.29. The number of ether oxygens (including phenoxy) is 1. The van der Waals surface area contributed by atoms with E-state index in [4.69, 9.17) is 16.3 Å². The van der Waals surface area contributed by atoms with Gasteiger partial charge in [-0.1, -0.05) is 41.9 Å². The van der Waals surface area contributed by atoms with Crippen molar-refractivity contribution in [3.05, 3.63) is 105 Å². The fraction of sp³-hybridized carbons (Fsp3) is 0.208. The minimum absolute atomic E-state index is 0.239. The van der Waals surface area contributed by atoms with Gasteiger partial charge >= 0.3 is 0 Å². The van der Waals surface area contributed by atoms with Crippen LogP contribution in [0.1, 0.15) is 35.7 Å². The molecule has 2 aromatic carbocycles. The molecule has 2 atom stereocenters. The summed E-state index contributed by atoms with van der Waals surface area (Å²) < 4.78 is 7.38. The lowest BCUT2D eigenvalue weighted by atomic mass is 9.79. The maximum absolute atomic E-state index is 13.4. The van der Waals surface area contributed by atoms with Crippen LogP contribution in [0.4, 0.5) is 0 Å². The molecule has 3 aromatic rings. The summed E-state index contributed by atoms with van der Waals surface area (Å²) in [6.07, 6.45) is 4.36. The summed E-state index contributed by atoms with van der Waals surface area (Å²) in [6, 6.07) is 13.1.